The highest BCUT2D eigenvalue weighted by Gasteiger charge is 2.02. The largest absolute Gasteiger partial charge is 0.378 e. The molecule has 8 nitrogen and oxygen atoms in total. The summed E-state index contributed by atoms with van der Waals surface area (Å²) in [5.74, 6) is 1.64. The Balaban J connectivity index is 1.37. The number of nitrogen functional groups attached to an aromatic ring is 2. The van der Waals surface area contributed by atoms with Gasteiger partial charge < -0.3 is 20.9 Å². The molecule has 22 heavy (non-hydrogen) atoms. The van der Waals surface area contributed by atoms with Crippen molar-refractivity contribution >= 4 is 56.5 Å². The second-order valence-electron chi connectivity index (χ2n) is 3.73. The van der Waals surface area contributed by atoms with Gasteiger partial charge in [-0.25, -0.2) is 0 Å². The summed E-state index contributed by atoms with van der Waals surface area (Å²) in [6.07, 6.45) is 0. The highest BCUT2D eigenvalue weighted by atomic mass is 32.2. The van der Waals surface area contributed by atoms with Crippen LogP contribution in [0.2, 0.25) is 0 Å². The van der Waals surface area contributed by atoms with Crippen molar-refractivity contribution in [3.8, 4) is 0 Å². The molecule has 0 aliphatic heterocycles. The van der Waals surface area contributed by atoms with Crippen molar-refractivity contribution in [2.24, 2.45) is 0 Å². The minimum absolute atomic E-state index is 0.492. The Morgan fingerprint density at radius 2 is 1.18 bits per heavy atom. The van der Waals surface area contributed by atoms with Crippen molar-refractivity contribution < 1.29 is 9.47 Å². The zero-order valence-electron chi connectivity index (χ0n) is 11.6. The van der Waals surface area contributed by atoms with Gasteiger partial charge >= 0.3 is 0 Å². The molecule has 0 fully saturated rings. The van der Waals surface area contributed by atoms with Crippen LogP contribution in [0.15, 0.2) is 8.68 Å². The molecule has 0 amide bonds. The Morgan fingerprint density at radius 1 is 0.727 bits per heavy atom. The van der Waals surface area contributed by atoms with Crippen molar-refractivity contribution in [3.05, 3.63) is 0 Å². The van der Waals surface area contributed by atoms with Crippen LogP contribution in [0.3, 0.4) is 0 Å². The van der Waals surface area contributed by atoms with E-state index < -0.39 is 0 Å². The molecule has 0 spiro atoms. The lowest BCUT2D eigenvalue weighted by molar-refractivity contribution is 0.0605. The van der Waals surface area contributed by atoms with E-state index in [4.69, 9.17) is 20.9 Å². The van der Waals surface area contributed by atoms with E-state index in [1.54, 1.807) is 23.5 Å². The second-order valence-corrected chi connectivity index (χ2v) is 8.44. The molecule has 4 N–H and O–H groups in total. The van der Waals surface area contributed by atoms with E-state index in [9.17, 15) is 0 Å². The van der Waals surface area contributed by atoms with Gasteiger partial charge in [-0.15, -0.1) is 20.4 Å². The van der Waals surface area contributed by atoms with Crippen molar-refractivity contribution in [3.63, 3.8) is 0 Å². The van der Waals surface area contributed by atoms with Crippen LogP contribution in [0.1, 0.15) is 0 Å². The van der Waals surface area contributed by atoms with E-state index in [1.807, 2.05) is 0 Å². The zero-order chi connectivity index (χ0) is 15.6. The number of anilines is 2. The van der Waals surface area contributed by atoms with E-state index >= 15 is 0 Å². The summed E-state index contributed by atoms with van der Waals surface area (Å²) in [4.78, 5) is 0. The Hall–Kier alpha value is -0.660. The van der Waals surface area contributed by atoms with Crippen LogP contribution < -0.4 is 11.5 Å². The molecule has 0 aliphatic carbocycles. The molecule has 0 aliphatic rings. The van der Waals surface area contributed by atoms with Crippen LogP contribution in [0.25, 0.3) is 0 Å². The van der Waals surface area contributed by atoms with Crippen molar-refractivity contribution in [2.45, 2.75) is 8.68 Å². The normalized spacial score (nSPS) is 11.1. The number of hydrogen-bond acceptors (Lipinski definition) is 12. The van der Waals surface area contributed by atoms with Gasteiger partial charge in [-0.1, -0.05) is 46.2 Å². The average Bonchev–Trinajstić information content (AvgIpc) is 3.09. The zero-order valence-corrected chi connectivity index (χ0v) is 14.9. The maximum atomic E-state index is 5.50. The molecule has 2 heterocycles. The third-order valence-corrected chi connectivity index (χ3v) is 5.82. The predicted octanol–water partition coefficient (Wildman–Crippen LogP) is 1.47. The number of nitrogens with zero attached hydrogens (tertiary/aromatic N) is 4. The fourth-order valence-corrected chi connectivity index (χ4v) is 4.37. The third-order valence-electron chi connectivity index (χ3n) is 2.12. The third kappa shape index (κ3) is 7.07. The summed E-state index contributed by atoms with van der Waals surface area (Å²) < 4.78 is 12.7. The monoisotopic (exact) mass is 380 g/mol. The Kier molecular flexibility index (Phi) is 8.18. The van der Waals surface area contributed by atoms with Gasteiger partial charge in [0.2, 0.25) is 10.3 Å². The smallest absolute Gasteiger partial charge is 0.203 e. The SMILES string of the molecule is Nc1nnc(SCCOCCOCCSc2nnc(N)s2)s1. The van der Waals surface area contributed by atoms with Gasteiger partial charge in [0.15, 0.2) is 8.68 Å². The van der Waals surface area contributed by atoms with E-state index in [0.717, 1.165) is 20.2 Å². The number of rotatable bonds is 11. The molecule has 2 aromatic heterocycles. The molecule has 0 atom stereocenters. The molecule has 0 radical (unpaired) electrons. The van der Waals surface area contributed by atoms with Gasteiger partial charge in [0.05, 0.1) is 26.4 Å². The van der Waals surface area contributed by atoms with E-state index in [2.05, 4.69) is 20.4 Å². The van der Waals surface area contributed by atoms with Crippen LogP contribution in [0, 0.1) is 0 Å². The number of ether oxygens (including phenoxy) is 2. The number of aromatic nitrogens is 4. The first-order valence-electron chi connectivity index (χ1n) is 6.33. The number of thioether (sulfide) groups is 2. The fraction of sp³-hybridized carbons (Fsp3) is 0.600. The molecule has 12 heteroatoms. The summed E-state index contributed by atoms with van der Waals surface area (Å²) in [5.41, 5.74) is 11.0. The van der Waals surface area contributed by atoms with E-state index in [1.165, 1.54) is 22.7 Å². The van der Waals surface area contributed by atoms with E-state index in [0.29, 0.717) is 36.7 Å². The maximum Gasteiger partial charge on any atom is 0.203 e. The van der Waals surface area contributed by atoms with Crippen LogP contribution in [-0.2, 0) is 9.47 Å². The summed E-state index contributed by atoms with van der Waals surface area (Å²) in [7, 11) is 0. The Labute approximate surface area is 144 Å². The van der Waals surface area contributed by atoms with Crippen LogP contribution in [-0.4, -0.2) is 58.3 Å². The molecule has 2 aromatic rings. The van der Waals surface area contributed by atoms with Crippen molar-refractivity contribution in [1.82, 2.24) is 20.4 Å². The Bertz CT molecular complexity index is 503. The summed E-state index contributed by atoms with van der Waals surface area (Å²) in [6, 6.07) is 0. The van der Waals surface area contributed by atoms with Gasteiger partial charge in [-0.3, -0.25) is 0 Å². The first-order chi connectivity index (χ1) is 10.7. The average molecular weight is 381 g/mol. The van der Waals surface area contributed by atoms with Gasteiger partial charge in [0.1, 0.15) is 0 Å². The summed E-state index contributed by atoms with van der Waals surface area (Å²) in [6.45, 7) is 2.45. The summed E-state index contributed by atoms with van der Waals surface area (Å²) >= 11 is 5.94. The van der Waals surface area contributed by atoms with Gasteiger partial charge in [0.25, 0.3) is 0 Å². The minimum atomic E-state index is 0.492. The quantitative estimate of drug-likeness (QED) is 0.437. The van der Waals surface area contributed by atoms with E-state index in [-0.39, 0.29) is 0 Å². The number of hydrogen-bond donors (Lipinski definition) is 2. The highest BCUT2D eigenvalue weighted by Crippen LogP contribution is 2.23. The molecular weight excluding hydrogens is 364 g/mol. The first-order valence-corrected chi connectivity index (χ1v) is 9.93. The molecule has 0 unspecified atom stereocenters. The lowest BCUT2D eigenvalue weighted by atomic mass is 10.7. The molecule has 0 bridgehead atoms. The second kappa shape index (κ2) is 10.2. The standard InChI is InChI=1S/C10H16N6O2S4/c11-7-13-15-9(21-7)19-5-3-17-1-2-18-4-6-20-10-16-14-8(12)22-10/h1-6H2,(H2,11,13)(H2,12,14). The van der Waals surface area contributed by atoms with Gasteiger partial charge in [-0.2, -0.15) is 0 Å². The number of nitrogens with two attached hydrogens (primary N) is 2. The molecule has 0 saturated carbocycles. The lowest BCUT2D eigenvalue weighted by Crippen LogP contribution is -2.08. The van der Waals surface area contributed by atoms with Gasteiger partial charge in [0, 0.05) is 11.5 Å². The van der Waals surface area contributed by atoms with Crippen LogP contribution in [0.4, 0.5) is 10.3 Å². The molecule has 2 rings (SSSR count). The van der Waals surface area contributed by atoms with Crippen molar-refractivity contribution in [1.29, 1.82) is 0 Å². The molecule has 0 saturated heterocycles. The van der Waals surface area contributed by atoms with Crippen molar-refractivity contribution in [2.75, 3.05) is 49.4 Å². The Morgan fingerprint density at radius 3 is 1.55 bits per heavy atom. The van der Waals surface area contributed by atoms with Crippen LogP contribution >= 0.6 is 46.2 Å². The van der Waals surface area contributed by atoms with Crippen LogP contribution in [0.5, 0.6) is 0 Å². The maximum absolute atomic E-state index is 5.50. The minimum Gasteiger partial charge on any atom is -0.378 e. The summed E-state index contributed by atoms with van der Waals surface area (Å²) in [5, 5.41) is 16.3. The van der Waals surface area contributed by atoms with Gasteiger partial charge in [-0.05, 0) is 0 Å². The predicted molar refractivity (Wildman–Crippen MR) is 91.7 cm³/mol. The topological polar surface area (TPSA) is 122 Å². The molecule has 0 aromatic carbocycles. The lowest BCUT2D eigenvalue weighted by Gasteiger charge is -2.04. The molecule has 122 valence electrons. The highest BCUT2D eigenvalue weighted by molar-refractivity contribution is 8.01. The fourth-order valence-electron chi connectivity index (χ4n) is 1.26. The molecular formula is C10H16N6O2S4. The first kappa shape index (κ1) is 17.7.